The molecule has 0 heterocycles. The molecule has 1 N–H and O–H groups in total. The van der Waals surface area contributed by atoms with Crippen LogP contribution >= 0.6 is 0 Å². The highest BCUT2D eigenvalue weighted by atomic mass is 32.2. The highest BCUT2D eigenvalue weighted by Crippen LogP contribution is 2.21. The van der Waals surface area contributed by atoms with Gasteiger partial charge in [0.25, 0.3) is 0 Å². The molecule has 0 aliphatic carbocycles. The van der Waals surface area contributed by atoms with Gasteiger partial charge < -0.3 is 9.47 Å². The second kappa shape index (κ2) is 11.9. The number of hydrogen-bond donors (Lipinski definition) is 1. The maximum absolute atomic E-state index is 11.9. The van der Waals surface area contributed by atoms with Gasteiger partial charge in [-0.25, -0.2) is 8.42 Å². The molecule has 0 atom stereocenters. The van der Waals surface area contributed by atoms with E-state index in [1.165, 1.54) is 0 Å². The van der Waals surface area contributed by atoms with Gasteiger partial charge in [-0.2, -0.15) is 0 Å². The third kappa shape index (κ3) is 18.1. The van der Waals surface area contributed by atoms with E-state index < -0.39 is 15.9 Å². The Morgan fingerprint density at radius 2 is 1.35 bits per heavy atom. The molecule has 26 heavy (non-hydrogen) atoms. The van der Waals surface area contributed by atoms with Crippen molar-refractivity contribution in [3.05, 3.63) is 0 Å². The first-order chi connectivity index (χ1) is 11.8. The summed E-state index contributed by atoms with van der Waals surface area (Å²) in [5, 5.41) is 0. The number of carbonyl (C=O) groups excluding carboxylic acids is 1. The average Bonchev–Trinajstić information content (AvgIpc) is 2.44. The normalized spacial score (nSPS) is 13.0. The lowest BCUT2D eigenvalue weighted by Gasteiger charge is -2.17. The van der Waals surface area contributed by atoms with E-state index in [2.05, 4.69) is 46.3 Å². The SMILES string of the molecule is CC(C)(C)CCCCS(=O)(=O)NC(=O)CCOCCOCCC(C)(C)C. The van der Waals surface area contributed by atoms with Crippen molar-refractivity contribution in [1.82, 2.24) is 4.72 Å². The van der Waals surface area contributed by atoms with Crippen molar-refractivity contribution < 1.29 is 22.7 Å². The number of ether oxygens (including phenoxy) is 2. The molecule has 0 spiro atoms. The molecule has 0 saturated heterocycles. The summed E-state index contributed by atoms with van der Waals surface area (Å²) >= 11 is 0. The summed E-state index contributed by atoms with van der Waals surface area (Å²) in [7, 11) is -3.55. The van der Waals surface area contributed by atoms with Gasteiger partial charge in [-0.15, -0.1) is 0 Å². The van der Waals surface area contributed by atoms with E-state index in [4.69, 9.17) is 9.47 Å². The summed E-state index contributed by atoms with van der Waals surface area (Å²) < 4.78 is 36.6. The predicted octanol–water partition coefficient (Wildman–Crippen LogP) is 3.51. The smallest absolute Gasteiger partial charge is 0.235 e. The number of unbranched alkanes of at least 4 members (excludes halogenated alkanes) is 1. The summed E-state index contributed by atoms with van der Waals surface area (Å²) in [6.45, 7) is 14.6. The largest absolute Gasteiger partial charge is 0.379 e. The van der Waals surface area contributed by atoms with Crippen molar-refractivity contribution in [2.75, 3.05) is 32.2 Å². The number of rotatable bonds is 13. The third-order valence-corrected chi connectivity index (χ3v) is 5.07. The molecule has 0 aliphatic heterocycles. The Morgan fingerprint density at radius 1 is 0.808 bits per heavy atom. The van der Waals surface area contributed by atoms with Crippen LogP contribution in [-0.4, -0.2) is 46.5 Å². The van der Waals surface area contributed by atoms with Gasteiger partial charge in [-0.05, 0) is 30.1 Å². The molecule has 1 amide bonds. The van der Waals surface area contributed by atoms with E-state index in [-0.39, 0.29) is 29.6 Å². The van der Waals surface area contributed by atoms with E-state index in [1.54, 1.807) is 0 Å². The Morgan fingerprint density at radius 3 is 1.88 bits per heavy atom. The second-order valence-corrected chi connectivity index (χ2v) is 11.0. The fraction of sp³-hybridized carbons (Fsp3) is 0.947. The van der Waals surface area contributed by atoms with Gasteiger partial charge >= 0.3 is 0 Å². The summed E-state index contributed by atoms with van der Waals surface area (Å²) in [6, 6.07) is 0. The summed E-state index contributed by atoms with van der Waals surface area (Å²) in [5.74, 6) is -0.536. The van der Waals surface area contributed by atoms with Gasteiger partial charge in [-0.1, -0.05) is 48.0 Å². The van der Waals surface area contributed by atoms with E-state index in [9.17, 15) is 13.2 Å². The van der Waals surface area contributed by atoms with Crippen LogP contribution in [0.2, 0.25) is 0 Å². The molecule has 0 bridgehead atoms. The zero-order valence-electron chi connectivity index (χ0n) is 17.5. The monoisotopic (exact) mass is 393 g/mol. The number of hydrogen-bond acceptors (Lipinski definition) is 5. The highest BCUT2D eigenvalue weighted by molar-refractivity contribution is 7.90. The van der Waals surface area contributed by atoms with Crippen LogP contribution in [0, 0.1) is 10.8 Å². The van der Waals surface area contributed by atoms with Gasteiger partial charge in [0, 0.05) is 6.61 Å². The van der Waals surface area contributed by atoms with Gasteiger partial charge in [0.15, 0.2) is 0 Å². The van der Waals surface area contributed by atoms with Crippen LogP contribution in [0.3, 0.4) is 0 Å². The predicted molar refractivity (Wildman–Crippen MR) is 106 cm³/mol. The minimum atomic E-state index is -3.55. The highest BCUT2D eigenvalue weighted by Gasteiger charge is 2.15. The molecule has 0 radical (unpaired) electrons. The molecule has 0 fully saturated rings. The van der Waals surface area contributed by atoms with Crippen molar-refractivity contribution in [3.8, 4) is 0 Å². The Kier molecular flexibility index (Phi) is 11.6. The Labute approximate surface area is 160 Å². The lowest BCUT2D eigenvalue weighted by atomic mass is 9.90. The zero-order chi connectivity index (χ0) is 20.3. The van der Waals surface area contributed by atoms with Crippen LogP contribution in [0.4, 0.5) is 0 Å². The van der Waals surface area contributed by atoms with E-state index >= 15 is 0 Å². The molecular weight excluding hydrogens is 354 g/mol. The summed E-state index contributed by atoms with van der Waals surface area (Å²) in [5.41, 5.74) is 0.442. The van der Waals surface area contributed by atoms with Gasteiger partial charge in [0.05, 0.1) is 32.0 Å². The Bertz CT molecular complexity index is 489. The topological polar surface area (TPSA) is 81.7 Å². The molecule has 0 saturated carbocycles. The van der Waals surface area contributed by atoms with Gasteiger partial charge in [0.1, 0.15) is 0 Å². The van der Waals surface area contributed by atoms with Crippen LogP contribution in [0.15, 0.2) is 0 Å². The second-order valence-electron chi connectivity index (χ2n) is 9.15. The molecule has 156 valence electrons. The van der Waals surface area contributed by atoms with Crippen molar-refractivity contribution in [1.29, 1.82) is 0 Å². The van der Waals surface area contributed by atoms with Crippen molar-refractivity contribution in [2.24, 2.45) is 10.8 Å². The average molecular weight is 394 g/mol. The molecule has 0 rings (SSSR count). The van der Waals surface area contributed by atoms with Crippen LogP contribution in [0.25, 0.3) is 0 Å². The van der Waals surface area contributed by atoms with E-state index in [1.807, 2.05) is 0 Å². The van der Waals surface area contributed by atoms with E-state index in [0.29, 0.717) is 26.2 Å². The number of nitrogens with one attached hydrogen (secondary N) is 1. The van der Waals surface area contributed by atoms with Gasteiger partial charge in [0.2, 0.25) is 15.9 Å². The number of amides is 1. The molecule has 0 aromatic rings. The van der Waals surface area contributed by atoms with Crippen LogP contribution < -0.4 is 4.72 Å². The van der Waals surface area contributed by atoms with Crippen LogP contribution in [-0.2, 0) is 24.3 Å². The maximum Gasteiger partial charge on any atom is 0.235 e. The third-order valence-electron chi connectivity index (χ3n) is 3.70. The quantitative estimate of drug-likeness (QED) is 0.484. The zero-order valence-corrected chi connectivity index (χ0v) is 18.3. The molecule has 0 unspecified atom stereocenters. The van der Waals surface area contributed by atoms with Crippen LogP contribution in [0.5, 0.6) is 0 Å². The maximum atomic E-state index is 11.9. The molecule has 0 aromatic carbocycles. The fourth-order valence-corrected chi connectivity index (χ4v) is 3.22. The first-order valence-corrected chi connectivity index (χ1v) is 11.1. The lowest BCUT2D eigenvalue weighted by molar-refractivity contribution is -0.120. The molecular formula is C19H39NO5S. The first-order valence-electron chi connectivity index (χ1n) is 9.50. The molecule has 6 nitrogen and oxygen atoms in total. The minimum absolute atomic E-state index is 0.0166. The van der Waals surface area contributed by atoms with Crippen molar-refractivity contribution >= 4 is 15.9 Å². The van der Waals surface area contributed by atoms with Crippen molar-refractivity contribution in [3.63, 3.8) is 0 Å². The minimum Gasteiger partial charge on any atom is -0.379 e. The summed E-state index contributed by atoms with van der Waals surface area (Å²) in [4.78, 5) is 11.7. The first kappa shape index (κ1) is 25.3. The van der Waals surface area contributed by atoms with Gasteiger partial charge in [-0.3, -0.25) is 9.52 Å². The summed E-state index contributed by atoms with van der Waals surface area (Å²) in [6.07, 6.45) is 3.35. The van der Waals surface area contributed by atoms with E-state index in [0.717, 1.165) is 19.3 Å². The fourth-order valence-electron chi connectivity index (χ4n) is 2.09. The molecule has 7 heteroatoms. The molecule has 0 aliphatic rings. The number of carbonyl (C=O) groups is 1. The lowest BCUT2D eigenvalue weighted by Crippen LogP contribution is -2.33. The number of sulfonamides is 1. The standard InChI is InChI=1S/C19H39NO5S/c1-18(2,3)10-7-8-16-26(22,23)20-17(21)9-12-24-14-15-25-13-11-19(4,5)6/h7-16H2,1-6H3,(H,20,21). The Hall–Kier alpha value is -0.660. The van der Waals surface area contributed by atoms with Crippen LogP contribution in [0.1, 0.15) is 73.6 Å². The van der Waals surface area contributed by atoms with Crippen molar-refractivity contribution in [2.45, 2.75) is 73.6 Å². The Balaban J connectivity index is 3.71. The molecule has 0 aromatic heterocycles.